The van der Waals surface area contributed by atoms with Crippen LogP contribution in [0.2, 0.25) is 0 Å². The zero-order valence-electron chi connectivity index (χ0n) is 11.3. The predicted octanol–water partition coefficient (Wildman–Crippen LogP) is 0.711. The molecule has 2 fully saturated rings. The molecular formula is C12H19N5OS. The summed E-state index contributed by atoms with van der Waals surface area (Å²) in [4.78, 5) is 16.4. The maximum Gasteiger partial charge on any atom is 0.233 e. The van der Waals surface area contributed by atoms with Crippen LogP contribution in [0.4, 0.5) is 11.6 Å². The predicted molar refractivity (Wildman–Crippen MR) is 75.7 cm³/mol. The summed E-state index contributed by atoms with van der Waals surface area (Å²) in [5.41, 5.74) is -0.273. The molecule has 2 saturated heterocycles. The molecule has 0 bridgehead atoms. The van der Waals surface area contributed by atoms with Gasteiger partial charge in [0, 0.05) is 38.1 Å². The SMILES string of the molecule is CC1(C)CCN(c2nsnc2N2CCNCC2)C1=O. The molecule has 1 N–H and O–H groups in total. The Hall–Kier alpha value is -1.21. The first-order chi connectivity index (χ1) is 9.09. The molecule has 3 heterocycles. The van der Waals surface area contributed by atoms with Gasteiger partial charge in [-0.2, -0.15) is 8.75 Å². The second-order valence-corrected chi connectivity index (χ2v) is 6.27. The van der Waals surface area contributed by atoms with Crippen molar-refractivity contribution in [2.24, 2.45) is 5.41 Å². The highest BCUT2D eigenvalue weighted by molar-refractivity contribution is 6.99. The van der Waals surface area contributed by atoms with Gasteiger partial charge in [-0.15, -0.1) is 0 Å². The second kappa shape index (κ2) is 4.72. The van der Waals surface area contributed by atoms with Gasteiger partial charge in [0.25, 0.3) is 0 Å². The molecule has 0 saturated carbocycles. The number of rotatable bonds is 2. The molecule has 7 heteroatoms. The Bertz CT molecular complexity index is 480. The fourth-order valence-corrected chi connectivity index (χ4v) is 3.17. The quantitative estimate of drug-likeness (QED) is 0.865. The van der Waals surface area contributed by atoms with Crippen LogP contribution in [0.15, 0.2) is 0 Å². The van der Waals surface area contributed by atoms with E-state index in [1.165, 1.54) is 11.7 Å². The molecule has 19 heavy (non-hydrogen) atoms. The van der Waals surface area contributed by atoms with Crippen molar-refractivity contribution < 1.29 is 4.79 Å². The molecule has 1 amide bonds. The summed E-state index contributed by atoms with van der Waals surface area (Å²) < 4.78 is 8.76. The Kier molecular flexibility index (Phi) is 3.18. The van der Waals surface area contributed by atoms with E-state index in [2.05, 4.69) is 19.0 Å². The molecule has 0 aromatic carbocycles. The number of anilines is 2. The molecule has 2 aliphatic heterocycles. The number of carbonyl (C=O) groups is 1. The van der Waals surface area contributed by atoms with Crippen LogP contribution in [-0.2, 0) is 4.79 Å². The van der Waals surface area contributed by atoms with Crippen molar-refractivity contribution in [1.29, 1.82) is 0 Å². The van der Waals surface area contributed by atoms with Gasteiger partial charge < -0.3 is 10.2 Å². The van der Waals surface area contributed by atoms with Crippen molar-refractivity contribution in [1.82, 2.24) is 14.1 Å². The number of carbonyl (C=O) groups excluding carboxylic acids is 1. The highest BCUT2D eigenvalue weighted by atomic mass is 32.1. The van der Waals surface area contributed by atoms with E-state index in [1.54, 1.807) is 4.90 Å². The third-order valence-electron chi connectivity index (χ3n) is 3.91. The molecular weight excluding hydrogens is 262 g/mol. The standard InChI is InChI=1S/C12H19N5OS/c1-12(2)3-6-17(11(12)18)10-9(14-19-15-10)16-7-4-13-5-8-16/h13H,3-8H2,1-2H3. The van der Waals surface area contributed by atoms with Crippen LogP contribution in [0, 0.1) is 5.41 Å². The van der Waals surface area contributed by atoms with Gasteiger partial charge in [-0.25, -0.2) is 0 Å². The summed E-state index contributed by atoms with van der Waals surface area (Å²) >= 11 is 1.19. The Labute approximate surface area is 117 Å². The maximum absolute atomic E-state index is 12.4. The van der Waals surface area contributed by atoms with Gasteiger partial charge >= 0.3 is 0 Å². The zero-order valence-corrected chi connectivity index (χ0v) is 12.2. The molecule has 6 nitrogen and oxygen atoms in total. The Morgan fingerprint density at radius 3 is 2.47 bits per heavy atom. The summed E-state index contributed by atoms with van der Waals surface area (Å²) in [7, 11) is 0. The molecule has 0 unspecified atom stereocenters. The van der Waals surface area contributed by atoms with Crippen LogP contribution in [0.1, 0.15) is 20.3 Å². The summed E-state index contributed by atoms with van der Waals surface area (Å²) in [6.45, 7) is 8.50. The highest BCUT2D eigenvalue weighted by Gasteiger charge is 2.41. The zero-order chi connectivity index (χ0) is 13.5. The molecule has 1 aromatic heterocycles. The van der Waals surface area contributed by atoms with Crippen molar-refractivity contribution in [3.63, 3.8) is 0 Å². The molecule has 0 aliphatic carbocycles. The minimum atomic E-state index is -0.273. The van der Waals surface area contributed by atoms with Crippen molar-refractivity contribution in [3.05, 3.63) is 0 Å². The van der Waals surface area contributed by atoms with Crippen molar-refractivity contribution >= 4 is 29.3 Å². The number of aromatic nitrogens is 2. The lowest BCUT2D eigenvalue weighted by Gasteiger charge is -2.29. The molecule has 0 spiro atoms. The lowest BCUT2D eigenvalue weighted by molar-refractivity contribution is -0.124. The smallest absolute Gasteiger partial charge is 0.233 e. The van der Waals surface area contributed by atoms with Gasteiger partial charge in [0.05, 0.1) is 11.7 Å². The van der Waals surface area contributed by atoms with Crippen LogP contribution in [0.3, 0.4) is 0 Å². The van der Waals surface area contributed by atoms with E-state index in [-0.39, 0.29) is 11.3 Å². The fraction of sp³-hybridized carbons (Fsp3) is 0.750. The lowest BCUT2D eigenvalue weighted by Crippen LogP contribution is -2.44. The Morgan fingerprint density at radius 1 is 1.16 bits per heavy atom. The van der Waals surface area contributed by atoms with Crippen LogP contribution in [0.5, 0.6) is 0 Å². The van der Waals surface area contributed by atoms with E-state index in [4.69, 9.17) is 0 Å². The van der Waals surface area contributed by atoms with E-state index >= 15 is 0 Å². The topological polar surface area (TPSA) is 61.4 Å². The number of nitrogens with one attached hydrogen (secondary N) is 1. The van der Waals surface area contributed by atoms with Crippen LogP contribution >= 0.6 is 11.7 Å². The third kappa shape index (κ3) is 2.21. The number of nitrogens with zero attached hydrogens (tertiary/aromatic N) is 4. The first kappa shape index (κ1) is 12.8. The van der Waals surface area contributed by atoms with Gasteiger partial charge in [-0.05, 0) is 6.42 Å². The number of amides is 1. The van der Waals surface area contributed by atoms with E-state index in [0.29, 0.717) is 0 Å². The highest BCUT2D eigenvalue weighted by Crippen LogP contribution is 2.37. The molecule has 3 rings (SSSR count). The summed E-state index contributed by atoms with van der Waals surface area (Å²) in [5.74, 6) is 1.79. The number of hydrogen-bond donors (Lipinski definition) is 1. The van der Waals surface area contributed by atoms with Gasteiger partial charge in [0.15, 0.2) is 11.6 Å². The molecule has 0 atom stereocenters. The van der Waals surface area contributed by atoms with Crippen molar-refractivity contribution in [2.75, 3.05) is 42.5 Å². The van der Waals surface area contributed by atoms with Gasteiger partial charge in [-0.1, -0.05) is 13.8 Å². The minimum absolute atomic E-state index is 0.164. The molecule has 0 radical (unpaired) electrons. The molecule has 1 aromatic rings. The first-order valence-electron chi connectivity index (χ1n) is 6.70. The monoisotopic (exact) mass is 281 g/mol. The minimum Gasteiger partial charge on any atom is -0.350 e. The van der Waals surface area contributed by atoms with E-state index in [9.17, 15) is 4.79 Å². The van der Waals surface area contributed by atoms with Crippen molar-refractivity contribution in [2.45, 2.75) is 20.3 Å². The van der Waals surface area contributed by atoms with Crippen molar-refractivity contribution in [3.8, 4) is 0 Å². The Morgan fingerprint density at radius 2 is 1.84 bits per heavy atom. The number of piperazine rings is 1. The first-order valence-corrected chi connectivity index (χ1v) is 7.43. The largest absolute Gasteiger partial charge is 0.350 e. The average molecular weight is 281 g/mol. The van der Waals surface area contributed by atoms with E-state index in [0.717, 1.165) is 50.8 Å². The van der Waals surface area contributed by atoms with E-state index < -0.39 is 0 Å². The average Bonchev–Trinajstić information content (AvgIpc) is 2.97. The van der Waals surface area contributed by atoms with Crippen LogP contribution < -0.4 is 15.1 Å². The van der Waals surface area contributed by atoms with Crippen LogP contribution in [-0.4, -0.2) is 47.4 Å². The van der Waals surface area contributed by atoms with Gasteiger partial charge in [-0.3, -0.25) is 9.69 Å². The Balaban J connectivity index is 1.86. The summed E-state index contributed by atoms with van der Waals surface area (Å²) in [6.07, 6.45) is 0.879. The molecule has 2 aliphatic rings. The third-order valence-corrected chi connectivity index (χ3v) is 4.42. The van der Waals surface area contributed by atoms with Crippen LogP contribution in [0.25, 0.3) is 0 Å². The second-order valence-electron chi connectivity index (χ2n) is 5.74. The number of hydrogen-bond acceptors (Lipinski definition) is 6. The maximum atomic E-state index is 12.4. The fourth-order valence-electron chi connectivity index (χ4n) is 2.59. The van der Waals surface area contributed by atoms with Gasteiger partial charge in [0.2, 0.25) is 5.91 Å². The summed E-state index contributed by atoms with van der Waals surface area (Å²) in [6, 6.07) is 0. The summed E-state index contributed by atoms with van der Waals surface area (Å²) in [5, 5.41) is 3.32. The van der Waals surface area contributed by atoms with Gasteiger partial charge in [0.1, 0.15) is 0 Å². The lowest BCUT2D eigenvalue weighted by atomic mass is 9.92. The normalized spacial score (nSPS) is 23.2. The van der Waals surface area contributed by atoms with E-state index in [1.807, 2.05) is 13.8 Å². The molecule has 104 valence electrons.